The minimum Gasteiger partial charge on any atom is -0.396 e. The van der Waals surface area contributed by atoms with Crippen molar-refractivity contribution in [1.82, 2.24) is 20.4 Å². The number of aryl methyl sites for hydroxylation is 2. The van der Waals surface area contributed by atoms with Crippen LogP contribution in [0.5, 0.6) is 0 Å². The van der Waals surface area contributed by atoms with Crippen LogP contribution in [0.1, 0.15) is 50.8 Å². The Balaban J connectivity index is 1.84. The van der Waals surface area contributed by atoms with Gasteiger partial charge in [-0.15, -0.1) is 0 Å². The van der Waals surface area contributed by atoms with Gasteiger partial charge < -0.3 is 15.7 Å². The second-order valence-corrected chi connectivity index (χ2v) is 7.44. The first kappa shape index (κ1) is 22.9. The third-order valence-electron chi connectivity index (χ3n) is 5.02. The lowest BCUT2D eigenvalue weighted by atomic mass is 10.0. The van der Waals surface area contributed by atoms with Crippen molar-refractivity contribution < 1.29 is 5.11 Å². The average Bonchev–Trinajstić information content (AvgIpc) is 3.10. The van der Waals surface area contributed by atoms with Crippen molar-refractivity contribution in [3.8, 4) is 5.69 Å². The molecule has 2 aromatic rings. The zero-order valence-corrected chi connectivity index (χ0v) is 18.2. The van der Waals surface area contributed by atoms with Crippen LogP contribution < -0.4 is 10.6 Å². The molecule has 0 bridgehead atoms. The fraction of sp³-hybridized carbons (Fsp3) is 0.565. The molecule has 0 aliphatic heterocycles. The van der Waals surface area contributed by atoms with Crippen molar-refractivity contribution in [1.29, 1.82) is 0 Å². The zero-order chi connectivity index (χ0) is 20.9. The Morgan fingerprint density at radius 2 is 1.97 bits per heavy atom. The van der Waals surface area contributed by atoms with Gasteiger partial charge in [0.1, 0.15) is 0 Å². The molecule has 1 aromatic heterocycles. The van der Waals surface area contributed by atoms with Crippen LogP contribution in [0.3, 0.4) is 0 Å². The third-order valence-corrected chi connectivity index (χ3v) is 5.02. The topological polar surface area (TPSA) is 74.5 Å². The molecule has 0 saturated carbocycles. The lowest BCUT2D eigenvalue weighted by Crippen LogP contribution is -2.38. The molecule has 160 valence electrons. The van der Waals surface area contributed by atoms with E-state index in [1.54, 1.807) is 0 Å². The molecule has 29 heavy (non-hydrogen) atoms. The fourth-order valence-electron chi connectivity index (χ4n) is 3.42. The second kappa shape index (κ2) is 13.0. The molecule has 0 fully saturated rings. The summed E-state index contributed by atoms with van der Waals surface area (Å²) in [5.41, 5.74) is 3.45. The first-order valence-corrected chi connectivity index (χ1v) is 10.9. The molecule has 1 heterocycles. The first-order valence-electron chi connectivity index (χ1n) is 10.9. The molecule has 0 spiro atoms. The lowest BCUT2D eigenvalue weighted by molar-refractivity contribution is 0.253. The Morgan fingerprint density at radius 3 is 2.66 bits per heavy atom. The predicted octanol–water partition coefficient (Wildman–Crippen LogP) is 3.47. The van der Waals surface area contributed by atoms with Gasteiger partial charge in [0.05, 0.1) is 11.4 Å². The van der Waals surface area contributed by atoms with Crippen molar-refractivity contribution in [2.24, 2.45) is 10.9 Å². The van der Waals surface area contributed by atoms with Crippen LogP contribution in [0.15, 0.2) is 41.5 Å². The summed E-state index contributed by atoms with van der Waals surface area (Å²) in [4.78, 5) is 4.72. The van der Waals surface area contributed by atoms with Gasteiger partial charge in [0.15, 0.2) is 5.96 Å². The van der Waals surface area contributed by atoms with E-state index in [1.807, 2.05) is 22.9 Å². The minimum absolute atomic E-state index is 0.236. The van der Waals surface area contributed by atoms with E-state index in [9.17, 15) is 5.11 Å². The van der Waals surface area contributed by atoms with Gasteiger partial charge in [-0.3, -0.25) is 4.99 Å². The van der Waals surface area contributed by atoms with E-state index in [0.29, 0.717) is 5.92 Å². The molecule has 0 aliphatic rings. The number of aliphatic imine (C=N–C) groups is 1. The van der Waals surface area contributed by atoms with Crippen LogP contribution in [0, 0.1) is 12.8 Å². The van der Waals surface area contributed by atoms with Crippen molar-refractivity contribution in [2.45, 2.75) is 52.9 Å². The summed E-state index contributed by atoms with van der Waals surface area (Å²) in [5, 5.41) is 20.6. The smallest absolute Gasteiger partial charge is 0.191 e. The summed E-state index contributed by atoms with van der Waals surface area (Å²) in [6.07, 6.45) is 7.18. The highest BCUT2D eigenvalue weighted by molar-refractivity contribution is 5.79. The van der Waals surface area contributed by atoms with Gasteiger partial charge >= 0.3 is 0 Å². The first-order chi connectivity index (χ1) is 14.2. The predicted molar refractivity (Wildman–Crippen MR) is 121 cm³/mol. The van der Waals surface area contributed by atoms with Gasteiger partial charge in [0.2, 0.25) is 0 Å². The maximum atomic E-state index is 9.22. The third kappa shape index (κ3) is 7.89. The Morgan fingerprint density at radius 1 is 1.17 bits per heavy atom. The molecule has 6 heteroatoms. The number of hydrogen-bond donors (Lipinski definition) is 3. The van der Waals surface area contributed by atoms with Crippen molar-refractivity contribution in [2.75, 3.05) is 26.2 Å². The van der Waals surface area contributed by atoms with Gasteiger partial charge in [-0.25, -0.2) is 4.68 Å². The highest BCUT2D eigenvalue weighted by Crippen LogP contribution is 2.13. The molecule has 1 unspecified atom stereocenters. The van der Waals surface area contributed by atoms with E-state index in [1.165, 1.54) is 5.56 Å². The summed E-state index contributed by atoms with van der Waals surface area (Å²) < 4.78 is 1.96. The number of benzene rings is 1. The minimum atomic E-state index is 0.236. The average molecular weight is 400 g/mol. The molecule has 1 aromatic carbocycles. The summed E-state index contributed by atoms with van der Waals surface area (Å²) in [6, 6.07) is 10.2. The number of guanidine groups is 1. The molecular formula is C23H37N5O. The van der Waals surface area contributed by atoms with E-state index in [4.69, 9.17) is 4.99 Å². The van der Waals surface area contributed by atoms with Gasteiger partial charge in [0, 0.05) is 32.4 Å². The highest BCUT2D eigenvalue weighted by atomic mass is 16.3. The largest absolute Gasteiger partial charge is 0.396 e. The van der Waals surface area contributed by atoms with Crippen LogP contribution in [0.2, 0.25) is 0 Å². The van der Waals surface area contributed by atoms with Crippen molar-refractivity contribution in [3.05, 3.63) is 47.8 Å². The van der Waals surface area contributed by atoms with E-state index < -0.39 is 0 Å². The normalized spacial score (nSPS) is 12.8. The molecule has 0 radical (unpaired) electrons. The van der Waals surface area contributed by atoms with Crippen LogP contribution in [0.4, 0.5) is 0 Å². The summed E-state index contributed by atoms with van der Waals surface area (Å²) >= 11 is 0. The Kier molecular flexibility index (Phi) is 10.3. The lowest BCUT2D eigenvalue weighted by Gasteiger charge is -2.15. The molecule has 3 N–H and O–H groups in total. The number of para-hydroxylation sites is 1. The number of rotatable bonds is 12. The van der Waals surface area contributed by atoms with E-state index in [-0.39, 0.29) is 6.61 Å². The second-order valence-electron chi connectivity index (χ2n) is 7.44. The molecule has 1 atom stereocenters. The van der Waals surface area contributed by atoms with E-state index in [0.717, 1.165) is 69.1 Å². The van der Waals surface area contributed by atoms with Gasteiger partial charge in [-0.1, -0.05) is 31.5 Å². The van der Waals surface area contributed by atoms with E-state index in [2.05, 4.69) is 54.8 Å². The maximum absolute atomic E-state index is 9.22. The van der Waals surface area contributed by atoms with Crippen LogP contribution >= 0.6 is 0 Å². The van der Waals surface area contributed by atoms with Gasteiger partial charge in [0.25, 0.3) is 0 Å². The molecule has 0 saturated heterocycles. The number of aliphatic hydroxyl groups excluding tert-OH is 1. The van der Waals surface area contributed by atoms with Crippen LogP contribution in [-0.4, -0.2) is 47.1 Å². The molecule has 0 aliphatic carbocycles. The SMILES string of the molecule is CCCC(CCO)CN=C(NCC)NCCCc1cn(-c2ccccc2)nc1C. The number of nitrogens with one attached hydrogen (secondary N) is 2. The molecule has 6 nitrogen and oxygen atoms in total. The Hall–Kier alpha value is -2.34. The number of hydrogen-bond acceptors (Lipinski definition) is 3. The number of nitrogens with zero attached hydrogens (tertiary/aromatic N) is 3. The van der Waals surface area contributed by atoms with Crippen LogP contribution in [0.25, 0.3) is 5.69 Å². The van der Waals surface area contributed by atoms with Gasteiger partial charge in [-0.2, -0.15) is 5.10 Å². The quantitative estimate of drug-likeness (QED) is 0.290. The fourth-order valence-corrected chi connectivity index (χ4v) is 3.42. The summed E-state index contributed by atoms with van der Waals surface area (Å²) in [6.45, 7) is 9.03. The number of aliphatic hydroxyl groups is 1. The van der Waals surface area contributed by atoms with Crippen molar-refractivity contribution in [3.63, 3.8) is 0 Å². The molecule has 2 rings (SSSR count). The molecule has 0 amide bonds. The summed E-state index contributed by atoms with van der Waals surface area (Å²) in [5.74, 6) is 1.31. The van der Waals surface area contributed by atoms with Crippen LogP contribution in [-0.2, 0) is 6.42 Å². The Bertz CT molecular complexity index is 720. The summed E-state index contributed by atoms with van der Waals surface area (Å²) in [7, 11) is 0. The zero-order valence-electron chi connectivity index (χ0n) is 18.2. The van der Waals surface area contributed by atoms with Crippen molar-refractivity contribution >= 4 is 5.96 Å². The number of aromatic nitrogens is 2. The highest BCUT2D eigenvalue weighted by Gasteiger charge is 2.08. The maximum Gasteiger partial charge on any atom is 0.191 e. The standard InChI is InChI=1S/C23H37N5O/c1-4-10-20(14-16-29)17-26-23(24-5-2)25-15-9-11-21-18-28(27-19(21)3)22-12-7-6-8-13-22/h6-8,12-13,18,20,29H,4-5,9-11,14-17H2,1-3H3,(H2,24,25,26). The van der Waals surface area contributed by atoms with E-state index >= 15 is 0 Å². The molecular weight excluding hydrogens is 362 g/mol. The van der Waals surface area contributed by atoms with Gasteiger partial charge in [-0.05, 0) is 63.1 Å². The monoisotopic (exact) mass is 399 g/mol. The Labute approximate surface area is 175 Å².